The van der Waals surface area contributed by atoms with Gasteiger partial charge in [-0.1, -0.05) is 22.0 Å². The summed E-state index contributed by atoms with van der Waals surface area (Å²) >= 11 is 3.44. The minimum Gasteiger partial charge on any atom is -0.492 e. The minimum absolute atomic E-state index is 0.181. The van der Waals surface area contributed by atoms with Crippen molar-refractivity contribution in [1.82, 2.24) is 14.3 Å². The van der Waals surface area contributed by atoms with E-state index in [0.717, 1.165) is 40.7 Å². The van der Waals surface area contributed by atoms with Crippen molar-refractivity contribution in [2.24, 2.45) is 0 Å². The van der Waals surface area contributed by atoms with E-state index in [2.05, 4.69) is 32.3 Å². The molecule has 2 aliphatic rings. The van der Waals surface area contributed by atoms with Crippen LogP contribution in [0.15, 0.2) is 52.1 Å². The van der Waals surface area contributed by atoms with Crippen LogP contribution in [0.4, 0.5) is 0 Å². The van der Waals surface area contributed by atoms with Gasteiger partial charge in [-0.15, -0.1) is 0 Å². The fraction of sp³-hybridized carbons (Fsp3) is 0.250. The van der Waals surface area contributed by atoms with Crippen molar-refractivity contribution in [3.8, 4) is 5.75 Å². The molecule has 2 aromatic heterocycles. The Balaban J connectivity index is 1.75. The topological polar surface area (TPSA) is 73.2 Å². The molecule has 0 unspecified atom stereocenters. The number of nitrogens with zero attached hydrogens (tertiary/aromatic N) is 2. The van der Waals surface area contributed by atoms with Crippen LogP contribution in [-0.2, 0) is 16.4 Å². The highest BCUT2D eigenvalue weighted by molar-refractivity contribution is 9.10. The fourth-order valence-corrected chi connectivity index (χ4v) is 6.08. The molecule has 5 rings (SSSR count). The highest BCUT2D eigenvalue weighted by Gasteiger charge is 2.30. The van der Waals surface area contributed by atoms with Gasteiger partial charge in [-0.25, -0.2) is 12.4 Å². The number of rotatable bonds is 3. The Morgan fingerprint density at radius 3 is 2.96 bits per heavy atom. The third-order valence-corrected chi connectivity index (χ3v) is 7.32. The Hall–Kier alpha value is -2.16. The number of hydrogen-bond donors (Lipinski definition) is 1. The number of aromatic nitrogens is 2. The van der Waals surface area contributed by atoms with Gasteiger partial charge in [0.05, 0.1) is 17.6 Å². The van der Waals surface area contributed by atoms with Gasteiger partial charge in [0.25, 0.3) is 10.0 Å². The van der Waals surface area contributed by atoms with Crippen LogP contribution in [0.5, 0.6) is 5.75 Å². The third kappa shape index (κ3) is 2.78. The highest BCUT2D eigenvalue weighted by Crippen LogP contribution is 2.38. The monoisotopic (exact) mass is 459 g/mol. The SMILES string of the molecule is O=S(=O)(c1cc(Br)cc2c1OCC2)n1cc(C2=CCNCC2)c2ncccc21. The lowest BCUT2D eigenvalue weighted by atomic mass is 10.0. The van der Waals surface area contributed by atoms with Gasteiger partial charge in [-0.3, -0.25) is 4.98 Å². The van der Waals surface area contributed by atoms with Gasteiger partial charge in [0.15, 0.2) is 0 Å². The van der Waals surface area contributed by atoms with Gasteiger partial charge >= 0.3 is 0 Å². The fourth-order valence-electron chi connectivity index (χ4n) is 3.86. The van der Waals surface area contributed by atoms with Crippen molar-refractivity contribution in [2.75, 3.05) is 19.7 Å². The molecule has 0 aliphatic carbocycles. The predicted molar refractivity (Wildman–Crippen MR) is 111 cm³/mol. The van der Waals surface area contributed by atoms with Crippen LogP contribution in [-0.4, -0.2) is 37.1 Å². The molecule has 3 aromatic rings. The Morgan fingerprint density at radius 1 is 1.25 bits per heavy atom. The average molecular weight is 460 g/mol. The zero-order chi connectivity index (χ0) is 19.3. The molecule has 0 saturated carbocycles. The Morgan fingerprint density at radius 2 is 2.14 bits per heavy atom. The molecule has 6 nitrogen and oxygen atoms in total. The summed E-state index contributed by atoms with van der Waals surface area (Å²) in [6, 6.07) is 7.09. The molecule has 0 bridgehead atoms. The van der Waals surface area contributed by atoms with Crippen molar-refractivity contribution in [2.45, 2.75) is 17.7 Å². The number of halogens is 1. The van der Waals surface area contributed by atoms with E-state index < -0.39 is 10.0 Å². The summed E-state index contributed by atoms with van der Waals surface area (Å²) in [5.74, 6) is 0.455. The van der Waals surface area contributed by atoms with E-state index in [0.29, 0.717) is 29.8 Å². The van der Waals surface area contributed by atoms with Crippen LogP contribution < -0.4 is 10.1 Å². The largest absolute Gasteiger partial charge is 0.492 e. The predicted octanol–water partition coefficient (Wildman–Crippen LogP) is 3.35. The molecule has 0 amide bonds. The van der Waals surface area contributed by atoms with Gasteiger partial charge in [0.1, 0.15) is 10.6 Å². The van der Waals surface area contributed by atoms with Crippen molar-refractivity contribution >= 4 is 42.6 Å². The van der Waals surface area contributed by atoms with E-state index in [1.165, 1.54) is 3.97 Å². The molecule has 1 aromatic carbocycles. The van der Waals surface area contributed by atoms with E-state index in [1.807, 2.05) is 6.07 Å². The maximum absolute atomic E-state index is 13.7. The van der Waals surface area contributed by atoms with Crippen LogP contribution in [0.3, 0.4) is 0 Å². The molecule has 0 atom stereocenters. The second-order valence-electron chi connectivity index (χ2n) is 6.89. The van der Waals surface area contributed by atoms with Crippen LogP contribution >= 0.6 is 15.9 Å². The summed E-state index contributed by atoms with van der Waals surface area (Å²) < 4.78 is 35.1. The minimum atomic E-state index is -3.85. The van der Waals surface area contributed by atoms with E-state index in [4.69, 9.17) is 4.74 Å². The van der Waals surface area contributed by atoms with Crippen LogP contribution in [0.1, 0.15) is 17.5 Å². The highest BCUT2D eigenvalue weighted by atomic mass is 79.9. The number of fused-ring (bicyclic) bond motifs is 2. The molecule has 0 radical (unpaired) electrons. The lowest BCUT2D eigenvalue weighted by molar-refractivity contribution is 0.348. The van der Waals surface area contributed by atoms with E-state index in [1.54, 1.807) is 30.6 Å². The number of ether oxygens (including phenoxy) is 1. The summed E-state index contributed by atoms with van der Waals surface area (Å²) in [5, 5.41) is 3.29. The summed E-state index contributed by atoms with van der Waals surface area (Å²) in [5.41, 5.74) is 4.17. The van der Waals surface area contributed by atoms with Gasteiger partial charge in [-0.2, -0.15) is 0 Å². The van der Waals surface area contributed by atoms with Gasteiger partial charge < -0.3 is 10.1 Å². The first-order chi connectivity index (χ1) is 13.6. The quantitative estimate of drug-likeness (QED) is 0.649. The molecular formula is C20H18BrN3O3S. The molecule has 2 aliphatic heterocycles. The number of benzene rings is 1. The maximum atomic E-state index is 13.7. The molecular weight excluding hydrogens is 442 g/mol. The van der Waals surface area contributed by atoms with E-state index in [-0.39, 0.29) is 4.90 Å². The Kier molecular flexibility index (Phi) is 4.30. The van der Waals surface area contributed by atoms with Crippen LogP contribution in [0.2, 0.25) is 0 Å². The van der Waals surface area contributed by atoms with Crippen molar-refractivity contribution in [3.63, 3.8) is 0 Å². The van der Waals surface area contributed by atoms with Crippen molar-refractivity contribution in [3.05, 3.63) is 58.3 Å². The average Bonchev–Trinajstić information content (AvgIpc) is 3.32. The van der Waals surface area contributed by atoms with Crippen LogP contribution in [0, 0.1) is 0 Å². The lowest BCUT2D eigenvalue weighted by Gasteiger charge is -2.13. The summed E-state index contributed by atoms with van der Waals surface area (Å²) in [6.45, 7) is 2.13. The summed E-state index contributed by atoms with van der Waals surface area (Å²) in [7, 11) is -3.85. The molecule has 4 heterocycles. The molecule has 28 heavy (non-hydrogen) atoms. The Labute approximate surface area is 171 Å². The molecule has 0 fully saturated rings. The smallest absolute Gasteiger partial charge is 0.271 e. The number of nitrogens with one attached hydrogen (secondary N) is 1. The maximum Gasteiger partial charge on any atom is 0.271 e. The first-order valence-electron chi connectivity index (χ1n) is 9.13. The first kappa shape index (κ1) is 17.9. The number of pyridine rings is 1. The van der Waals surface area contributed by atoms with Crippen molar-refractivity contribution < 1.29 is 13.2 Å². The summed E-state index contributed by atoms with van der Waals surface area (Å²) in [6.07, 6.45) is 7.04. The molecule has 0 spiro atoms. The van der Waals surface area contributed by atoms with E-state index in [9.17, 15) is 8.42 Å². The molecule has 1 N–H and O–H groups in total. The normalized spacial score (nSPS) is 16.7. The number of hydrogen-bond acceptors (Lipinski definition) is 5. The standard InChI is InChI=1S/C20H18BrN3O3S/c21-15-10-14-5-9-27-20(14)18(11-15)28(25,26)24-12-16(13-3-7-22-8-4-13)19-17(24)2-1-6-23-19/h1-3,6,10-12,22H,4-5,7-9H2. The second kappa shape index (κ2) is 6.72. The zero-order valence-electron chi connectivity index (χ0n) is 15.0. The van der Waals surface area contributed by atoms with Crippen LogP contribution in [0.25, 0.3) is 16.6 Å². The first-order valence-corrected chi connectivity index (χ1v) is 11.4. The lowest BCUT2D eigenvalue weighted by Crippen LogP contribution is -2.20. The zero-order valence-corrected chi connectivity index (χ0v) is 17.4. The molecule has 144 valence electrons. The van der Waals surface area contributed by atoms with Gasteiger partial charge in [0.2, 0.25) is 0 Å². The molecule has 8 heteroatoms. The molecule has 0 saturated heterocycles. The third-order valence-electron chi connectivity index (χ3n) is 5.19. The second-order valence-corrected chi connectivity index (χ2v) is 9.59. The van der Waals surface area contributed by atoms with Gasteiger partial charge in [-0.05, 0) is 42.8 Å². The Bertz CT molecular complexity index is 1230. The van der Waals surface area contributed by atoms with E-state index >= 15 is 0 Å². The summed E-state index contributed by atoms with van der Waals surface area (Å²) in [4.78, 5) is 4.67. The van der Waals surface area contributed by atoms with Crippen molar-refractivity contribution in [1.29, 1.82) is 0 Å². The van der Waals surface area contributed by atoms with Gasteiger partial charge in [0, 0.05) is 41.0 Å².